The van der Waals surface area contributed by atoms with E-state index in [1.807, 2.05) is 48.7 Å². The standard InChI is InChI=1S/C25H27N5O2S/c26-22(31)13-5-2-8-15-30-24(32)20-11-6-7-12-21(20)28-25(30)33-18-23-27-14-16-29(23)17-19-9-3-1-4-10-19/h1,3-4,6-7,9-12,14,16H,2,5,8,13,15,17-18H2,(H2,26,31). The molecule has 0 aliphatic heterocycles. The molecule has 0 spiro atoms. The molecular formula is C25H27N5O2S. The van der Waals surface area contributed by atoms with E-state index in [0.717, 1.165) is 31.6 Å². The van der Waals surface area contributed by atoms with E-state index < -0.39 is 0 Å². The molecule has 0 bridgehead atoms. The molecule has 2 aromatic heterocycles. The highest BCUT2D eigenvalue weighted by Gasteiger charge is 2.13. The molecule has 2 N–H and O–H groups in total. The van der Waals surface area contributed by atoms with Crippen molar-refractivity contribution in [2.24, 2.45) is 5.73 Å². The lowest BCUT2D eigenvalue weighted by molar-refractivity contribution is -0.118. The monoisotopic (exact) mass is 461 g/mol. The van der Waals surface area contributed by atoms with Gasteiger partial charge in [0, 0.05) is 31.9 Å². The van der Waals surface area contributed by atoms with Crippen LogP contribution in [0.1, 0.15) is 37.1 Å². The second kappa shape index (κ2) is 11.0. The first-order valence-electron chi connectivity index (χ1n) is 11.1. The highest BCUT2D eigenvalue weighted by molar-refractivity contribution is 7.98. The van der Waals surface area contributed by atoms with Crippen LogP contribution in [-0.4, -0.2) is 25.0 Å². The average molecular weight is 462 g/mol. The maximum Gasteiger partial charge on any atom is 0.262 e. The van der Waals surface area contributed by atoms with Crippen molar-refractivity contribution in [3.63, 3.8) is 0 Å². The molecule has 33 heavy (non-hydrogen) atoms. The summed E-state index contributed by atoms with van der Waals surface area (Å²) >= 11 is 1.52. The number of imidazole rings is 1. The molecule has 170 valence electrons. The lowest BCUT2D eigenvalue weighted by Crippen LogP contribution is -2.23. The third-order valence-corrected chi connectivity index (χ3v) is 6.43. The van der Waals surface area contributed by atoms with Crippen LogP contribution < -0.4 is 11.3 Å². The number of hydrogen-bond donors (Lipinski definition) is 1. The molecular weight excluding hydrogens is 434 g/mol. The summed E-state index contributed by atoms with van der Waals surface area (Å²) in [4.78, 5) is 33.5. The number of aromatic nitrogens is 4. The number of primary amides is 1. The fourth-order valence-electron chi connectivity index (χ4n) is 3.73. The summed E-state index contributed by atoms with van der Waals surface area (Å²) in [5.74, 6) is 1.24. The van der Waals surface area contributed by atoms with Crippen molar-refractivity contribution in [1.29, 1.82) is 0 Å². The number of benzene rings is 2. The molecule has 7 nitrogen and oxygen atoms in total. The van der Waals surface area contributed by atoms with Crippen LogP contribution in [0.5, 0.6) is 0 Å². The van der Waals surface area contributed by atoms with Crippen molar-refractivity contribution in [2.45, 2.75) is 49.7 Å². The predicted molar refractivity (Wildman–Crippen MR) is 131 cm³/mol. The maximum atomic E-state index is 13.2. The molecule has 1 amide bonds. The second-order valence-electron chi connectivity index (χ2n) is 7.89. The molecule has 0 saturated carbocycles. The van der Waals surface area contributed by atoms with Gasteiger partial charge in [-0.05, 0) is 30.5 Å². The lowest BCUT2D eigenvalue weighted by Gasteiger charge is -2.13. The zero-order valence-electron chi connectivity index (χ0n) is 18.4. The SMILES string of the molecule is NC(=O)CCCCCn1c(SCc2nccn2Cc2ccccc2)nc2ccccc2c1=O. The smallest absolute Gasteiger partial charge is 0.262 e. The third-order valence-electron chi connectivity index (χ3n) is 5.46. The molecule has 8 heteroatoms. The fraction of sp³-hybridized carbons (Fsp3) is 0.280. The van der Waals surface area contributed by atoms with E-state index >= 15 is 0 Å². The summed E-state index contributed by atoms with van der Waals surface area (Å²) in [6.45, 7) is 1.30. The Balaban J connectivity index is 1.52. The van der Waals surface area contributed by atoms with Crippen molar-refractivity contribution in [1.82, 2.24) is 19.1 Å². The highest BCUT2D eigenvalue weighted by Crippen LogP contribution is 2.22. The summed E-state index contributed by atoms with van der Waals surface area (Å²) in [5, 5.41) is 1.30. The average Bonchev–Trinajstić information content (AvgIpc) is 3.26. The van der Waals surface area contributed by atoms with Gasteiger partial charge in [-0.25, -0.2) is 9.97 Å². The van der Waals surface area contributed by atoms with Gasteiger partial charge in [-0.15, -0.1) is 0 Å². The zero-order valence-corrected chi connectivity index (χ0v) is 19.2. The van der Waals surface area contributed by atoms with Gasteiger partial charge in [-0.2, -0.15) is 0 Å². The molecule has 0 radical (unpaired) electrons. The Morgan fingerprint density at radius 2 is 1.79 bits per heavy atom. The number of nitrogens with two attached hydrogens (primary N) is 1. The number of unbranched alkanes of at least 4 members (excludes halogenated alkanes) is 2. The number of para-hydroxylation sites is 1. The molecule has 4 rings (SSSR count). The molecule has 0 aliphatic carbocycles. The Labute approximate surface area is 196 Å². The molecule has 4 aromatic rings. The van der Waals surface area contributed by atoms with E-state index in [2.05, 4.69) is 21.7 Å². The second-order valence-corrected chi connectivity index (χ2v) is 8.83. The summed E-state index contributed by atoms with van der Waals surface area (Å²) in [7, 11) is 0. The van der Waals surface area contributed by atoms with Crippen LogP contribution in [-0.2, 0) is 23.6 Å². The van der Waals surface area contributed by atoms with Gasteiger partial charge in [0.05, 0.1) is 16.7 Å². The Morgan fingerprint density at radius 1 is 1.00 bits per heavy atom. The molecule has 2 heterocycles. The van der Waals surface area contributed by atoms with Crippen molar-refractivity contribution >= 4 is 28.6 Å². The minimum Gasteiger partial charge on any atom is -0.370 e. The van der Waals surface area contributed by atoms with Crippen LogP contribution in [0, 0.1) is 0 Å². The van der Waals surface area contributed by atoms with Crippen molar-refractivity contribution in [2.75, 3.05) is 0 Å². The summed E-state index contributed by atoms with van der Waals surface area (Å²) < 4.78 is 3.87. The van der Waals surface area contributed by atoms with Gasteiger partial charge in [0.15, 0.2) is 5.16 Å². The van der Waals surface area contributed by atoms with Crippen LogP contribution in [0.25, 0.3) is 10.9 Å². The van der Waals surface area contributed by atoms with E-state index in [1.165, 1.54) is 17.3 Å². The largest absolute Gasteiger partial charge is 0.370 e. The Bertz CT molecular complexity index is 1280. The van der Waals surface area contributed by atoms with E-state index in [-0.39, 0.29) is 11.5 Å². The first-order valence-corrected chi connectivity index (χ1v) is 12.0. The number of thioether (sulfide) groups is 1. The van der Waals surface area contributed by atoms with Crippen LogP contribution in [0.4, 0.5) is 0 Å². The quantitative estimate of drug-likeness (QED) is 0.207. The molecule has 0 aliphatic rings. The van der Waals surface area contributed by atoms with Crippen LogP contribution in [0.3, 0.4) is 0 Å². The minimum absolute atomic E-state index is 0.0365. The van der Waals surface area contributed by atoms with Crippen molar-refractivity contribution in [3.05, 3.63) is 88.7 Å². The van der Waals surface area contributed by atoms with Gasteiger partial charge in [0.1, 0.15) is 5.82 Å². The molecule has 0 saturated heterocycles. The van der Waals surface area contributed by atoms with Gasteiger partial charge in [-0.1, -0.05) is 60.6 Å². The number of carbonyl (C=O) groups is 1. The van der Waals surface area contributed by atoms with Gasteiger partial charge in [0.2, 0.25) is 5.91 Å². The third kappa shape index (κ3) is 5.90. The van der Waals surface area contributed by atoms with Gasteiger partial charge in [0.25, 0.3) is 5.56 Å². The Kier molecular flexibility index (Phi) is 7.57. The van der Waals surface area contributed by atoms with Crippen LogP contribution in [0.2, 0.25) is 0 Å². The molecule has 0 fully saturated rings. The van der Waals surface area contributed by atoms with E-state index in [1.54, 1.807) is 10.8 Å². The number of rotatable bonds is 11. The summed E-state index contributed by atoms with van der Waals surface area (Å²) in [5.41, 5.74) is 7.09. The lowest BCUT2D eigenvalue weighted by atomic mass is 10.2. The van der Waals surface area contributed by atoms with Gasteiger partial charge in [-0.3, -0.25) is 14.2 Å². The Morgan fingerprint density at radius 3 is 2.61 bits per heavy atom. The summed E-state index contributed by atoms with van der Waals surface area (Å²) in [6.07, 6.45) is 6.49. The normalized spacial score (nSPS) is 11.2. The van der Waals surface area contributed by atoms with Crippen LogP contribution >= 0.6 is 11.8 Å². The highest BCUT2D eigenvalue weighted by atomic mass is 32.2. The number of hydrogen-bond acceptors (Lipinski definition) is 5. The number of nitrogens with zero attached hydrogens (tertiary/aromatic N) is 4. The van der Waals surface area contributed by atoms with E-state index in [4.69, 9.17) is 10.7 Å². The topological polar surface area (TPSA) is 95.8 Å². The first-order chi connectivity index (χ1) is 16.1. The first kappa shape index (κ1) is 22.8. The molecule has 0 atom stereocenters. The Hall–Kier alpha value is -3.39. The van der Waals surface area contributed by atoms with E-state index in [9.17, 15) is 9.59 Å². The molecule has 0 unspecified atom stereocenters. The van der Waals surface area contributed by atoms with E-state index in [0.29, 0.717) is 34.8 Å². The predicted octanol–water partition coefficient (Wildman–Crippen LogP) is 3.98. The number of amides is 1. The zero-order chi connectivity index (χ0) is 23.0. The molecule has 2 aromatic carbocycles. The van der Waals surface area contributed by atoms with Crippen LogP contribution in [0.15, 0.2) is 76.9 Å². The van der Waals surface area contributed by atoms with Gasteiger partial charge >= 0.3 is 0 Å². The van der Waals surface area contributed by atoms with Crippen molar-refractivity contribution in [3.8, 4) is 0 Å². The fourth-order valence-corrected chi connectivity index (χ4v) is 4.73. The number of fused-ring (bicyclic) bond motifs is 1. The maximum absolute atomic E-state index is 13.2. The van der Waals surface area contributed by atoms with Gasteiger partial charge < -0.3 is 10.3 Å². The van der Waals surface area contributed by atoms with Crippen molar-refractivity contribution < 1.29 is 4.79 Å². The summed E-state index contributed by atoms with van der Waals surface area (Å²) in [6, 6.07) is 17.7. The minimum atomic E-state index is -0.290. The number of carbonyl (C=O) groups excluding carboxylic acids is 1.